The minimum atomic E-state index is -0.364. The van der Waals surface area contributed by atoms with Crippen molar-refractivity contribution in [3.63, 3.8) is 0 Å². The summed E-state index contributed by atoms with van der Waals surface area (Å²) in [7, 11) is 4.04. The lowest BCUT2D eigenvalue weighted by Gasteiger charge is -2.18. The van der Waals surface area contributed by atoms with Gasteiger partial charge in [0.05, 0.1) is 6.04 Å². The number of hydrogen-bond donors (Lipinski definition) is 2. The van der Waals surface area contributed by atoms with Crippen LogP contribution in [-0.4, -0.2) is 43.5 Å². The molecule has 2 atom stereocenters. The quantitative estimate of drug-likeness (QED) is 0.644. The third kappa shape index (κ3) is 5.94. The van der Waals surface area contributed by atoms with E-state index in [2.05, 4.69) is 10.2 Å². The van der Waals surface area contributed by atoms with Crippen molar-refractivity contribution in [2.75, 3.05) is 20.6 Å². The van der Waals surface area contributed by atoms with E-state index in [0.29, 0.717) is 6.42 Å². The minimum absolute atomic E-state index is 0.0428. The number of nitrogens with zero attached hydrogens (tertiary/aromatic N) is 1. The Hall–Kier alpha value is -0.610. The van der Waals surface area contributed by atoms with Crippen molar-refractivity contribution in [1.82, 2.24) is 10.2 Å². The van der Waals surface area contributed by atoms with Crippen LogP contribution in [0.5, 0.6) is 0 Å². The molecule has 0 aliphatic carbocycles. The molecule has 0 spiro atoms. The molecule has 84 valence electrons. The van der Waals surface area contributed by atoms with Crippen LogP contribution in [0.1, 0.15) is 26.7 Å². The zero-order chi connectivity index (χ0) is 11.1. The Labute approximate surface area is 86.8 Å². The number of amides is 1. The lowest BCUT2D eigenvalue weighted by atomic mass is 10.2. The van der Waals surface area contributed by atoms with E-state index in [9.17, 15) is 4.79 Å². The average Bonchev–Trinajstić information content (AvgIpc) is 2.13. The maximum Gasteiger partial charge on any atom is 0.237 e. The van der Waals surface area contributed by atoms with Crippen molar-refractivity contribution >= 4 is 5.91 Å². The molecule has 0 saturated carbocycles. The summed E-state index contributed by atoms with van der Waals surface area (Å²) in [5, 5.41) is 2.90. The molecule has 0 aromatic heterocycles. The van der Waals surface area contributed by atoms with Crippen LogP contribution in [0.4, 0.5) is 0 Å². The number of carbonyl (C=O) groups excluding carboxylic acids is 1. The van der Waals surface area contributed by atoms with Gasteiger partial charge in [-0.2, -0.15) is 0 Å². The summed E-state index contributed by atoms with van der Waals surface area (Å²) in [5.41, 5.74) is 5.60. The van der Waals surface area contributed by atoms with Gasteiger partial charge in [0.15, 0.2) is 0 Å². The standard InChI is InChI=1S/C10H23N3O/c1-5-9(11)10(14)12-8(2)6-7-13(3)4/h8-9H,5-7,11H2,1-4H3,(H,12,14)/t8?,9-/m1/s1. The summed E-state index contributed by atoms with van der Waals surface area (Å²) in [6, 6.07) is -0.167. The minimum Gasteiger partial charge on any atom is -0.352 e. The van der Waals surface area contributed by atoms with Gasteiger partial charge in [-0.3, -0.25) is 4.79 Å². The summed E-state index contributed by atoms with van der Waals surface area (Å²) in [6.45, 7) is 4.89. The van der Waals surface area contributed by atoms with E-state index >= 15 is 0 Å². The van der Waals surface area contributed by atoms with Crippen LogP contribution in [0.3, 0.4) is 0 Å². The van der Waals surface area contributed by atoms with Gasteiger partial charge in [-0.15, -0.1) is 0 Å². The van der Waals surface area contributed by atoms with Crippen LogP contribution < -0.4 is 11.1 Å². The second kappa shape index (κ2) is 6.79. The van der Waals surface area contributed by atoms with Gasteiger partial charge in [-0.1, -0.05) is 6.92 Å². The number of carbonyl (C=O) groups is 1. The molecular weight excluding hydrogens is 178 g/mol. The number of nitrogens with one attached hydrogen (secondary N) is 1. The molecule has 0 saturated heterocycles. The summed E-state index contributed by atoms with van der Waals surface area (Å²) < 4.78 is 0. The first-order valence-electron chi connectivity index (χ1n) is 5.18. The average molecular weight is 201 g/mol. The fourth-order valence-corrected chi connectivity index (χ4v) is 1.06. The molecule has 0 aliphatic heterocycles. The molecule has 0 radical (unpaired) electrons. The van der Waals surface area contributed by atoms with Crippen molar-refractivity contribution < 1.29 is 4.79 Å². The first-order chi connectivity index (χ1) is 6.47. The number of nitrogens with two attached hydrogens (primary N) is 1. The zero-order valence-electron chi connectivity index (χ0n) is 9.71. The van der Waals surface area contributed by atoms with Crippen molar-refractivity contribution in [1.29, 1.82) is 0 Å². The third-order valence-corrected chi connectivity index (χ3v) is 2.17. The van der Waals surface area contributed by atoms with E-state index < -0.39 is 0 Å². The highest BCUT2D eigenvalue weighted by molar-refractivity contribution is 5.81. The predicted octanol–water partition coefficient (Wildman–Crippen LogP) is 0.180. The first-order valence-corrected chi connectivity index (χ1v) is 5.18. The molecular formula is C10H23N3O. The fraction of sp³-hybridized carbons (Fsp3) is 0.900. The van der Waals surface area contributed by atoms with Gasteiger partial charge in [0.25, 0.3) is 0 Å². The van der Waals surface area contributed by atoms with Gasteiger partial charge in [0.2, 0.25) is 5.91 Å². The van der Waals surface area contributed by atoms with Crippen molar-refractivity contribution in [2.24, 2.45) is 5.73 Å². The van der Waals surface area contributed by atoms with E-state index in [0.717, 1.165) is 13.0 Å². The Morgan fingerprint density at radius 2 is 2.07 bits per heavy atom. The Morgan fingerprint density at radius 3 is 2.50 bits per heavy atom. The lowest BCUT2D eigenvalue weighted by Crippen LogP contribution is -2.44. The van der Waals surface area contributed by atoms with Gasteiger partial charge in [0.1, 0.15) is 0 Å². The SMILES string of the molecule is CC[C@@H](N)C(=O)NC(C)CCN(C)C. The summed E-state index contributed by atoms with van der Waals surface area (Å²) >= 11 is 0. The van der Waals surface area contributed by atoms with Gasteiger partial charge in [-0.05, 0) is 40.4 Å². The Bertz CT molecular complexity index is 171. The molecule has 4 heteroatoms. The number of hydrogen-bond acceptors (Lipinski definition) is 3. The van der Waals surface area contributed by atoms with Gasteiger partial charge in [0, 0.05) is 6.04 Å². The van der Waals surface area contributed by atoms with Crippen molar-refractivity contribution in [3.05, 3.63) is 0 Å². The van der Waals surface area contributed by atoms with Crippen molar-refractivity contribution in [3.8, 4) is 0 Å². The van der Waals surface area contributed by atoms with Crippen LogP contribution in [0.2, 0.25) is 0 Å². The fourth-order valence-electron chi connectivity index (χ4n) is 1.06. The molecule has 0 rings (SSSR count). The maximum atomic E-state index is 11.4. The molecule has 0 fully saturated rings. The Kier molecular flexibility index (Phi) is 6.49. The van der Waals surface area contributed by atoms with Crippen LogP contribution in [-0.2, 0) is 4.79 Å². The highest BCUT2D eigenvalue weighted by Crippen LogP contribution is 1.94. The van der Waals surface area contributed by atoms with E-state index in [-0.39, 0.29) is 18.0 Å². The molecule has 1 amide bonds. The molecule has 4 nitrogen and oxygen atoms in total. The Morgan fingerprint density at radius 1 is 1.50 bits per heavy atom. The second-order valence-electron chi connectivity index (χ2n) is 4.02. The summed E-state index contributed by atoms with van der Waals surface area (Å²) in [6.07, 6.45) is 1.64. The largest absolute Gasteiger partial charge is 0.352 e. The smallest absolute Gasteiger partial charge is 0.237 e. The molecule has 0 aromatic rings. The van der Waals surface area contributed by atoms with Crippen LogP contribution in [0.15, 0.2) is 0 Å². The molecule has 0 heterocycles. The highest BCUT2D eigenvalue weighted by atomic mass is 16.2. The lowest BCUT2D eigenvalue weighted by molar-refractivity contribution is -0.123. The third-order valence-electron chi connectivity index (χ3n) is 2.17. The second-order valence-corrected chi connectivity index (χ2v) is 4.02. The molecule has 14 heavy (non-hydrogen) atoms. The first kappa shape index (κ1) is 13.4. The van der Waals surface area contributed by atoms with E-state index in [1.165, 1.54) is 0 Å². The molecule has 0 aliphatic rings. The Balaban J connectivity index is 3.71. The topological polar surface area (TPSA) is 58.4 Å². The molecule has 0 aromatic carbocycles. The highest BCUT2D eigenvalue weighted by Gasteiger charge is 2.13. The monoisotopic (exact) mass is 201 g/mol. The number of rotatable bonds is 6. The van der Waals surface area contributed by atoms with Crippen LogP contribution in [0, 0.1) is 0 Å². The zero-order valence-corrected chi connectivity index (χ0v) is 9.71. The van der Waals surface area contributed by atoms with Gasteiger partial charge < -0.3 is 16.0 Å². The molecule has 1 unspecified atom stereocenters. The van der Waals surface area contributed by atoms with Crippen LogP contribution in [0.25, 0.3) is 0 Å². The van der Waals surface area contributed by atoms with Crippen LogP contribution >= 0.6 is 0 Å². The van der Waals surface area contributed by atoms with Gasteiger partial charge in [-0.25, -0.2) is 0 Å². The van der Waals surface area contributed by atoms with E-state index in [1.54, 1.807) is 0 Å². The maximum absolute atomic E-state index is 11.4. The summed E-state index contributed by atoms with van der Waals surface area (Å²) in [4.78, 5) is 13.5. The van der Waals surface area contributed by atoms with E-state index in [4.69, 9.17) is 5.73 Å². The molecule has 0 bridgehead atoms. The van der Waals surface area contributed by atoms with E-state index in [1.807, 2.05) is 27.9 Å². The summed E-state index contributed by atoms with van der Waals surface area (Å²) in [5.74, 6) is -0.0428. The molecule has 3 N–H and O–H groups in total. The predicted molar refractivity (Wildman–Crippen MR) is 59.0 cm³/mol. The van der Waals surface area contributed by atoms with Gasteiger partial charge >= 0.3 is 0 Å². The van der Waals surface area contributed by atoms with Crippen molar-refractivity contribution in [2.45, 2.75) is 38.8 Å². The normalized spacial score (nSPS) is 15.3.